The van der Waals surface area contributed by atoms with Crippen LogP contribution in [0.1, 0.15) is 5.69 Å². The summed E-state index contributed by atoms with van der Waals surface area (Å²) in [6.45, 7) is 1.98. The van der Waals surface area contributed by atoms with Gasteiger partial charge in [-0.15, -0.1) is 0 Å². The zero-order valence-corrected chi connectivity index (χ0v) is 10.7. The number of aryl methyl sites for hydroxylation is 1. The fourth-order valence-corrected chi connectivity index (χ4v) is 2.86. The van der Waals surface area contributed by atoms with E-state index in [0.717, 1.165) is 22.2 Å². The Morgan fingerprint density at radius 3 is 3.12 bits per heavy atom. The van der Waals surface area contributed by atoms with Crippen molar-refractivity contribution in [2.24, 2.45) is 0 Å². The molecule has 88 valence electrons. The van der Waals surface area contributed by atoms with Gasteiger partial charge in [0, 0.05) is 28.7 Å². The molecule has 2 N–H and O–H groups in total. The van der Waals surface area contributed by atoms with E-state index < -0.39 is 0 Å². The van der Waals surface area contributed by atoms with E-state index in [1.807, 2.05) is 41.3 Å². The summed E-state index contributed by atoms with van der Waals surface area (Å²) in [5.74, 6) is 1.02. The Hall–Kier alpha value is -1.33. The lowest BCUT2D eigenvalue weighted by Gasteiger charge is -2.13. The topological polar surface area (TPSA) is 41.9 Å². The van der Waals surface area contributed by atoms with Gasteiger partial charge in [0.2, 0.25) is 0 Å². The number of aromatic nitrogens is 2. The van der Waals surface area contributed by atoms with E-state index in [4.69, 9.17) is 11.6 Å². The van der Waals surface area contributed by atoms with Crippen LogP contribution in [0.5, 0.6) is 0 Å². The van der Waals surface area contributed by atoms with Crippen molar-refractivity contribution in [2.75, 3.05) is 10.6 Å². The summed E-state index contributed by atoms with van der Waals surface area (Å²) in [7, 11) is 0. The minimum absolute atomic E-state index is 0.0802. The number of nitrogens with one attached hydrogen (secondary N) is 2. The Kier molecular flexibility index (Phi) is 2.64. The molecule has 2 heterocycles. The third-order valence-electron chi connectivity index (χ3n) is 2.41. The summed E-state index contributed by atoms with van der Waals surface area (Å²) in [5, 5.41) is 11.8. The van der Waals surface area contributed by atoms with Crippen LogP contribution in [0.25, 0.3) is 0 Å². The van der Waals surface area contributed by atoms with E-state index in [9.17, 15) is 0 Å². The number of hydrogen-bond donors (Lipinski definition) is 2. The maximum atomic E-state index is 5.93. The molecule has 1 aromatic carbocycles. The second kappa shape index (κ2) is 4.16. The molecule has 0 bridgehead atoms. The standard InChI is InChI=1S/C11H11ClN4S/c1-7-5-10-14-11(17-16(10)15-7)13-9-4-2-3-8(12)6-9/h2-6,11,13-14H,1H3. The molecule has 0 saturated heterocycles. The molecule has 1 unspecified atom stereocenters. The van der Waals surface area contributed by atoms with E-state index >= 15 is 0 Å². The molecule has 1 atom stereocenters. The van der Waals surface area contributed by atoms with Crippen LogP contribution in [0.2, 0.25) is 5.02 Å². The Morgan fingerprint density at radius 2 is 2.35 bits per heavy atom. The highest BCUT2D eigenvalue weighted by Crippen LogP contribution is 2.30. The van der Waals surface area contributed by atoms with E-state index in [-0.39, 0.29) is 5.50 Å². The van der Waals surface area contributed by atoms with Gasteiger partial charge in [-0.05, 0) is 25.1 Å². The monoisotopic (exact) mass is 266 g/mol. The summed E-state index contributed by atoms with van der Waals surface area (Å²) in [6, 6.07) is 9.69. The summed E-state index contributed by atoms with van der Waals surface area (Å²) < 4.78 is 1.89. The zero-order chi connectivity index (χ0) is 11.8. The average Bonchev–Trinajstić information content (AvgIpc) is 2.74. The van der Waals surface area contributed by atoms with Crippen LogP contribution in [0.15, 0.2) is 30.3 Å². The molecule has 0 fully saturated rings. The van der Waals surface area contributed by atoms with Gasteiger partial charge >= 0.3 is 0 Å². The third-order valence-corrected chi connectivity index (χ3v) is 3.57. The third kappa shape index (κ3) is 2.21. The van der Waals surface area contributed by atoms with E-state index in [1.54, 1.807) is 11.9 Å². The van der Waals surface area contributed by atoms with Crippen molar-refractivity contribution < 1.29 is 0 Å². The molecule has 1 aliphatic heterocycles. The maximum Gasteiger partial charge on any atom is 0.168 e. The van der Waals surface area contributed by atoms with Gasteiger partial charge in [-0.3, -0.25) is 0 Å². The fraction of sp³-hybridized carbons (Fsp3) is 0.182. The number of halogens is 1. The van der Waals surface area contributed by atoms with E-state index in [2.05, 4.69) is 15.7 Å². The molecule has 3 rings (SSSR count). The van der Waals surface area contributed by atoms with Gasteiger partial charge in [-0.2, -0.15) is 9.19 Å². The molecule has 0 saturated carbocycles. The van der Waals surface area contributed by atoms with Crippen LogP contribution < -0.4 is 10.6 Å². The van der Waals surface area contributed by atoms with Crippen molar-refractivity contribution in [3.63, 3.8) is 0 Å². The van der Waals surface area contributed by atoms with Crippen molar-refractivity contribution in [1.29, 1.82) is 0 Å². The second-order valence-electron chi connectivity index (χ2n) is 3.83. The van der Waals surface area contributed by atoms with Crippen LogP contribution in [0.3, 0.4) is 0 Å². The van der Waals surface area contributed by atoms with Gasteiger partial charge in [0.15, 0.2) is 5.50 Å². The van der Waals surface area contributed by atoms with Gasteiger partial charge in [-0.1, -0.05) is 17.7 Å². The van der Waals surface area contributed by atoms with Gasteiger partial charge in [0.1, 0.15) is 5.82 Å². The molecule has 6 heteroatoms. The van der Waals surface area contributed by atoms with Crippen molar-refractivity contribution in [2.45, 2.75) is 12.4 Å². The normalized spacial score (nSPS) is 17.6. The summed E-state index contributed by atoms with van der Waals surface area (Å²) >= 11 is 7.53. The lowest BCUT2D eigenvalue weighted by Crippen LogP contribution is -2.21. The smallest absolute Gasteiger partial charge is 0.168 e. The molecule has 2 aromatic rings. The molecule has 0 amide bonds. The minimum Gasteiger partial charge on any atom is -0.355 e. The first-order chi connectivity index (χ1) is 8.20. The number of nitrogens with zero attached hydrogens (tertiary/aromatic N) is 2. The molecule has 0 spiro atoms. The molecule has 1 aliphatic rings. The Morgan fingerprint density at radius 1 is 1.47 bits per heavy atom. The summed E-state index contributed by atoms with van der Waals surface area (Å²) in [4.78, 5) is 0. The van der Waals surface area contributed by atoms with E-state index in [0.29, 0.717) is 0 Å². The van der Waals surface area contributed by atoms with Gasteiger partial charge in [0.25, 0.3) is 0 Å². The molecular weight excluding hydrogens is 256 g/mol. The minimum atomic E-state index is 0.0802. The average molecular weight is 267 g/mol. The molecule has 0 aliphatic carbocycles. The second-order valence-corrected chi connectivity index (χ2v) is 5.29. The number of benzene rings is 1. The SMILES string of the molecule is Cc1cc2n(n1)SC(Nc1cccc(Cl)c1)N2. The first-order valence-electron chi connectivity index (χ1n) is 5.23. The predicted octanol–water partition coefficient (Wildman–Crippen LogP) is 3.16. The molecular formula is C11H11ClN4S. The number of anilines is 2. The van der Waals surface area contributed by atoms with Crippen molar-refractivity contribution >= 4 is 35.1 Å². The van der Waals surface area contributed by atoms with Crippen molar-refractivity contribution in [3.05, 3.63) is 41.0 Å². The fourth-order valence-electron chi connectivity index (χ4n) is 1.71. The molecule has 0 radical (unpaired) electrons. The van der Waals surface area contributed by atoms with Crippen LogP contribution in [-0.4, -0.2) is 14.7 Å². The van der Waals surface area contributed by atoms with Crippen LogP contribution in [0, 0.1) is 6.92 Å². The highest BCUT2D eigenvalue weighted by atomic mass is 35.5. The van der Waals surface area contributed by atoms with Gasteiger partial charge in [-0.25, -0.2) is 0 Å². The van der Waals surface area contributed by atoms with Gasteiger partial charge < -0.3 is 10.6 Å². The van der Waals surface area contributed by atoms with Crippen LogP contribution in [-0.2, 0) is 0 Å². The quantitative estimate of drug-likeness (QED) is 0.876. The highest BCUT2D eigenvalue weighted by Gasteiger charge is 2.22. The molecule has 4 nitrogen and oxygen atoms in total. The lowest BCUT2D eigenvalue weighted by molar-refractivity contribution is 0.996. The zero-order valence-electron chi connectivity index (χ0n) is 9.14. The summed E-state index contributed by atoms with van der Waals surface area (Å²) in [6.07, 6.45) is 0. The Balaban J connectivity index is 1.71. The number of fused-ring (bicyclic) bond motifs is 1. The van der Waals surface area contributed by atoms with Crippen molar-refractivity contribution in [3.8, 4) is 0 Å². The summed E-state index contributed by atoms with van der Waals surface area (Å²) in [5.41, 5.74) is 2.09. The molecule has 17 heavy (non-hydrogen) atoms. The van der Waals surface area contributed by atoms with Crippen LogP contribution >= 0.6 is 23.5 Å². The Bertz CT molecular complexity index is 531. The number of rotatable bonds is 2. The molecule has 1 aromatic heterocycles. The lowest BCUT2D eigenvalue weighted by atomic mass is 10.3. The van der Waals surface area contributed by atoms with Crippen molar-refractivity contribution in [1.82, 2.24) is 9.19 Å². The highest BCUT2D eigenvalue weighted by molar-refractivity contribution is 7.98. The first-order valence-corrected chi connectivity index (χ1v) is 6.45. The van der Waals surface area contributed by atoms with Gasteiger partial charge in [0.05, 0.1) is 5.69 Å². The maximum absolute atomic E-state index is 5.93. The van der Waals surface area contributed by atoms with Crippen LogP contribution in [0.4, 0.5) is 11.5 Å². The first kappa shape index (κ1) is 10.8. The van der Waals surface area contributed by atoms with E-state index in [1.165, 1.54) is 0 Å². The Labute approximate surface area is 108 Å². The predicted molar refractivity (Wildman–Crippen MR) is 72.4 cm³/mol. The number of hydrogen-bond acceptors (Lipinski definition) is 4. The largest absolute Gasteiger partial charge is 0.355 e.